The molecule has 2 aliphatic heterocycles. The molecule has 0 unspecified atom stereocenters. The Labute approximate surface area is 207 Å². The van der Waals surface area contributed by atoms with Crippen LogP contribution in [-0.4, -0.2) is 62.9 Å². The zero-order chi connectivity index (χ0) is 24.8. The topological polar surface area (TPSA) is 119 Å². The smallest absolute Gasteiger partial charge is 0.237 e. The molecule has 0 amide bonds. The molecule has 6 rings (SSSR count). The number of hydrogen-bond acceptors (Lipinski definition) is 9. The van der Waals surface area contributed by atoms with Gasteiger partial charge >= 0.3 is 0 Å². The maximum absolute atomic E-state index is 15.4. The van der Waals surface area contributed by atoms with E-state index >= 15 is 4.39 Å². The zero-order valence-corrected chi connectivity index (χ0v) is 20.3. The minimum absolute atomic E-state index is 0.00506. The summed E-state index contributed by atoms with van der Waals surface area (Å²) in [5.41, 5.74) is 10.1. The number of ether oxygens (including phenoxy) is 1. The van der Waals surface area contributed by atoms with Crippen LogP contribution in [0.3, 0.4) is 0 Å². The molecule has 1 aromatic carbocycles. The standard InChI is InChI=1S/C25H28FN9O/c1-14-18(11-29-24-23(14)28-5-8-36-24)17-9-20-19(22(27)21(17)26)12-30-25(33-20)32-15-10-31-35(13-15)16-3-6-34(2)7-4-16/h9-13,16,28H,3-8,27H2,1-2H3,(H,30,32,33). The highest BCUT2D eigenvalue weighted by molar-refractivity contribution is 5.96. The Morgan fingerprint density at radius 2 is 2.00 bits per heavy atom. The summed E-state index contributed by atoms with van der Waals surface area (Å²) in [5.74, 6) is 0.386. The quantitative estimate of drug-likeness (QED) is 0.368. The number of nitrogens with zero attached hydrogens (tertiary/aromatic N) is 6. The fourth-order valence-electron chi connectivity index (χ4n) is 4.92. The Morgan fingerprint density at radius 3 is 2.83 bits per heavy atom. The molecule has 0 spiro atoms. The fraction of sp³-hybridized carbons (Fsp3) is 0.360. The molecule has 1 saturated heterocycles. The van der Waals surface area contributed by atoms with Gasteiger partial charge in [-0.05, 0) is 51.5 Å². The van der Waals surface area contributed by atoms with Gasteiger partial charge in [0.2, 0.25) is 11.8 Å². The van der Waals surface area contributed by atoms with Crippen LogP contribution >= 0.6 is 0 Å². The van der Waals surface area contributed by atoms with Crippen molar-refractivity contribution >= 4 is 33.9 Å². The molecular formula is C25H28FN9O. The number of benzene rings is 1. The third kappa shape index (κ3) is 3.95. The number of hydrogen-bond donors (Lipinski definition) is 3. The van der Waals surface area contributed by atoms with E-state index in [0.717, 1.165) is 42.9 Å². The third-order valence-corrected chi connectivity index (χ3v) is 7.02. The average Bonchev–Trinajstić information content (AvgIpc) is 3.35. The van der Waals surface area contributed by atoms with E-state index in [9.17, 15) is 0 Å². The lowest BCUT2D eigenvalue weighted by atomic mass is 9.98. The van der Waals surface area contributed by atoms with Gasteiger partial charge in [-0.2, -0.15) is 5.10 Å². The molecule has 0 atom stereocenters. The van der Waals surface area contributed by atoms with Crippen molar-refractivity contribution < 1.29 is 9.13 Å². The van der Waals surface area contributed by atoms with Gasteiger partial charge in [0, 0.05) is 41.6 Å². The van der Waals surface area contributed by atoms with Crippen molar-refractivity contribution in [3.63, 3.8) is 0 Å². The molecule has 0 aliphatic carbocycles. The normalized spacial score (nSPS) is 16.4. The van der Waals surface area contributed by atoms with E-state index in [1.54, 1.807) is 24.7 Å². The van der Waals surface area contributed by atoms with E-state index in [4.69, 9.17) is 10.5 Å². The molecule has 5 heterocycles. The van der Waals surface area contributed by atoms with Crippen LogP contribution in [0, 0.1) is 12.7 Å². The first kappa shape index (κ1) is 22.5. The molecular weight excluding hydrogens is 461 g/mol. The van der Waals surface area contributed by atoms with Crippen molar-refractivity contribution in [2.45, 2.75) is 25.8 Å². The summed E-state index contributed by atoms with van der Waals surface area (Å²) in [6.07, 6.45) is 9.04. The second kappa shape index (κ2) is 8.90. The second-order valence-corrected chi connectivity index (χ2v) is 9.40. The Balaban J connectivity index is 1.32. The van der Waals surface area contributed by atoms with E-state index in [2.05, 4.69) is 42.6 Å². The number of anilines is 4. The van der Waals surface area contributed by atoms with Gasteiger partial charge in [0.25, 0.3) is 0 Å². The van der Waals surface area contributed by atoms with Gasteiger partial charge in [-0.15, -0.1) is 0 Å². The third-order valence-electron chi connectivity index (χ3n) is 7.02. The molecule has 3 aromatic heterocycles. The summed E-state index contributed by atoms with van der Waals surface area (Å²) in [6.45, 7) is 5.23. The summed E-state index contributed by atoms with van der Waals surface area (Å²) in [4.78, 5) is 15.7. The van der Waals surface area contributed by atoms with E-state index < -0.39 is 5.82 Å². The van der Waals surface area contributed by atoms with Crippen LogP contribution in [0.15, 0.2) is 30.9 Å². The van der Waals surface area contributed by atoms with Crippen LogP contribution in [0.25, 0.3) is 22.0 Å². The molecule has 11 heteroatoms. The zero-order valence-electron chi connectivity index (χ0n) is 20.3. The van der Waals surface area contributed by atoms with Gasteiger partial charge in [0.05, 0.1) is 29.1 Å². The van der Waals surface area contributed by atoms with Crippen molar-refractivity contribution in [1.29, 1.82) is 0 Å². The van der Waals surface area contributed by atoms with Crippen LogP contribution in [0.1, 0.15) is 24.4 Å². The number of pyridine rings is 1. The first-order valence-corrected chi connectivity index (χ1v) is 12.1. The van der Waals surface area contributed by atoms with E-state index in [-0.39, 0.29) is 5.69 Å². The van der Waals surface area contributed by atoms with Gasteiger partial charge in [-0.3, -0.25) is 4.68 Å². The van der Waals surface area contributed by atoms with E-state index in [1.165, 1.54) is 0 Å². The molecule has 0 saturated carbocycles. The molecule has 36 heavy (non-hydrogen) atoms. The SMILES string of the molecule is Cc1c(-c2cc3nc(Nc4cnn(C5CCN(C)CC5)c4)ncc3c(N)c2F)cnc2c1NCCO2. The molecule has 4 aromatic rings. The predicted molar refractivity (Wildman–Crippen MR) is 137 cm³/mol. The maximum Gasteiger partial charge on any atom is 0.237 e. The Kier molecular flexibility index (Phi) is 5.56. The van der Waals surface area contributed by atoms with Gasteiger partial charge in [-0.1, -0.05) is 0 Å². The number of rotatable bonds is 4. The fourth-order valence-corrected chi connectivity index (χ4v) is 4.92. The second-order valence-electron chi connectivity index (χ2n) is 9.40. The highest BCUT2D eigenvalue weighted by atomic mass is 19.1. The maximum atomic E-state index is 15.4. The monoisotopic (exact) mass is 489 g/mol. The largest absolute Gasteiger partial charge is 0.474 e. The van der Waals surface area contributed by atoms with Crippen LogP contribution in [0.5, 0.6) is 5.88 Å². The lowest BCUT2D eigenvalue weighted by Crippen LogP contribution is -2.31. The number of aromatic nitrogens is 5. The molecule has 10 nitrogen and oxygen atoms in total. The number of nitrogen functional groups attached to an aromatic ring is 1. The van der Waals surface area contributed by atoms with E-state index in [1.807, 2.05) is 17.8 Å². The summed E-state index contributed by atoms with van der Waals surface area (Å²) >= 11 is 0. The van der Waals surface area contributed by atoms with Crippen molar-refractivity contribution in [3.05, 3.63) is 42.2 Å². The molecule has 2 aliphatic rings. The Morgan fingerprint density at radius 1 is 1.17 bits per heavy atom. The minimum atomic E-state index is -0.521. The lowest BCUT2D eigenvalue weighted by molar-refractivity contribution is 0.212. The molecule has 0 bridgehead atoms. The van der Waals surface area contributed by atoms with Crippen LogP contribution in [0.2, 0.25) is 0 Å². The molecule has 4 N–H and O–H groups in total. The Hall–Kier alpha value is -3.99. The van der Waals surface area contributed by atoms with Crippen molar-refractivity contribution in [2.24, 2.45) is 0 Å². The van der Waals surface area contributed by atoms with Crippen LogP contribution < -0.4 is 21.1 Å². The summed E-state index contributed by atoms with van der Waals surface area (Å²) in [5, 5.41) is 11.5. The van der Waals surface area contributed by atoms with Crippen molar-refractivity contribution in [3.8, 4) is 17.0 Å². The van der Waals surface area contributed by atoms with E-state index in [0.29, 0.717) is 53.1 Å². The number of piperidine rings is 1. The van der Waals surface area contributed by atoms with Gasteiger partial charge < -0.3 is 26.0 Å². The summed E-state index contributed by atoms with van der Waals surface area (Å²) in [7, 11) is 2.14. The number of likely N-dealkylation sites (tertiary alicyclic amines) is 1. The summed E-state index contributed by atoms with van der Waals surface area (Å²) < 4.78 is 23.0. The average molecular weight is 490 g/mol. The van der Waals surface area contributed by atoms with Crippen molar-refractivity contribution in [2.75, 3.05) is 49.7 Å². The summed E-state index contributed by atoms with van der Waals surface area (Å²) in [6, 6.07) is 2.07. The number of halogens is 1. The van der Waals surface area contributed by atoms with Crippen LogP contribution in [0.4, 0.5) is 27.4 Å². The minimum Gasteiger partial charge on any atom is -0.474 e. The van der Waals surface area contributed by atoms with Gasteiger partial charge in [0.1, 0.15) is 12.3 Å². The van der Waals surface area contributed by atoms with Crippen molar-refractivity contribution in [1.82, 2.24) is 29.6 Å². The molecule has 186 valence electrons. The Bertz CT molecular complexity index is 1450. The molecule has 0 radical (unpaired) electrons. The number of fused-ring (bicyclic) bond motifs is 2. The van der Waals surface area contributed by atoms with Gasteiger partial charge in [-0.25, -0.2) is 19.3 Å². The van der Waals surface area contributed by atoms with Crippen LogP contribution in [-0.2, 0) is 0 Å². The lowest BCUT2D eigenvalue weighted by Gasteiger charge is -2.28. The van der Waals surface area contributed by atoms with Gasteiger partial charge in [0.15, 0.2) is 5.82 Å². The number of nitrogens with one attached hydrogen (secondary N) is 2. The number of nitrogens with two attached hydrogens (primary N) is 1. The first-order chi connectivity index (χ1) is 17.5. The highest BCUT2D eigenvalue weighted by Crippen LogP contribution is 2.39. The highest BCUT2D eigenvalue weighted by Gasteiger charge is 2.22. The molecule has 1 fully saturated rings. The first-order valence-electron chi connectivity index (χ1n) is 12.1. The predicted octanol–water partition coefficient (Wildman–Crippen LogP) is 3.73.